The molecule has 21 heavy (non-hydrogen) atoms. The van der Waals surface area contributed by atoms with E-state index in [1.807, 2.05) is 12.1 Å². The van der Waals surface area contributed by atoms with Gasteiger partial charge in [0.1, 0.15) is 6.07 Å². The van der Waals surface area contributed by atoms with E-state index < -0.39 is 0 Å². The van der Waals surface area contributed by atoms with E-state index in [-0.39, 0.29) is 11.8 Å². The zero-order chi connectivity index (χ0) is 15.1. The summed E-state index contributed by atoms with van der Waals surface area (Å²) in [4.78, 5) is 12.3. The van der Waals surface area contributed by atoms with Gasteiger partial charge >= 0.3 is 0 Å². The second kappa shape index (κ2) is 7.83. The predicted octanol–water partition coefficient (Wildman–Crippen LogP) is 4.49. The average Bonchev–Trinajstić information content (AvgIpc) is 2.54. The Morgan fingerprint density at radius 1 is 1.29 bits per heavy atom. The van der Waals surface area contributed by atoms with Crippen LogP contribution in [0, 0.1) is 23.2 Å². The number of unbranched alkanes of at least 4 members (excludes halogenated alkanes) is 1. The van der Waals surface area contributed by atoms with Crippen LogP contribution < -0.4 is 5.32 Å². The van der Waals surface area contributed by atoms with Gasteiger partial charge in [-0.15, -0.1) is 0 Å². The number of hydrogen-bond donors (Lipinski definition) is 1. The van der Waals surface area contributed by atoms with E-state index in [1.54, 1.807) is 12.1 Å². The Bertz CT molecular complexity index is 510. The highest BCUT2D eigenvalue weighted by atomic mass is 16.1. The van der Waals surface area contributed by atoms with Crippen LogP contribution in [0.1, 0.15) is 57.4 Å². The first-order valence-corrected chi connectivity index (χ1v) is 8.04. The molecule has 1 aromatic carbocycles. The van der Waals surface area contributed by atoms with Crippen molar-refractivity contribution in [2.75, 3.05) is 5.32 Å². The quantitative estimate of drug-likeness (QED) is 0.865. The summed E-state index contributed by atoms with van der Waals surface area (Å²) in [5, 5.41) is 12.0. The van der Waals surface area contributed by atoms with Crippen molar-refractivity contribution < 1.29 is 4.79 Å². The van der Waals surface area contributed by atoms with Gasteiger partial charge in [-0.3, -0.25) is 4.79 Å². The van der Waals surface area contributed by atoms with Gasteiger partial charge in [0.2, 0.25) is 5.91 Å². The van der Waals surface area contributed by atoms with Gasteiger partial charge in [0.05, 0.1) is 11.3 Å². The van der Waals surface area contributed by atoms with Crippen molar-refractivity contribution in [2.24, 2.45) is 11.8 Å². The lowest BCUT2D eigenvalue weighted by molar-refractivity contribution is -0.121. The zero-order valence-electron chi connectivity index (χ0n) is 12.8. The molecule has 1 aliphatic carbocycles. The van der Waals surface area contributed by atoms with Gasteiger partial charge in [-0.25, -0.2) is 0 Å². The summed E-state index contributed by atoms with van der Waals surface area (Å²) in [6, 6.07) is 9.31. The number of anilines is 1. The molecule has 3 heteroatoms. The average molecular weight is 284 g/mol. The first kappa shape index (κ1) is 15.6. The Labute approximate surface area is 127 Å². The molecule has 0 radical (unpaired) electrons. The smallest absolute Gasteiger partial charge is 0.227 e. The van der Waals surface area contributed by atoms with E-state index in [4.69, 9.17) is 5.26 Å². The minimum atomic E-state index is 0.0756. The van der Waals surface area contributed by atoms with Crippen molar-refractivity contribution >= 4 is 11.6 Å². The predicted molar refractivity (Wildman–Crippen MR) is 84.8 cm³/mol. The molecule has 0 spiro atoms. The van der Waals surface area contributed by atoms with Gasteiger partial charge < -0.3 is 5.32 Å². The third-order valence-electron chi connectivity index (χ3n) is 4.49. The fraction of sp³-hybridized carbons (Fsp3) is 0.556. The highest BCUT2D eigenvalue weighted by molar-refractivity contribution is 5.93. The number of rotatable bonds is 5. The summed E-state index contributed by atoms with van der Waals surface area (Å²) in [6.45, 7) is 2.23. The minimum absolute atomic E-state index is 0.0756. The maximum Gasteiger partial charge on any atom is 0.227 e. The summed E-state index contributed by atoms with van der Waals surface area (Å²) < 4.78 is 0. The van der Waals surface area contributed by atoms with Crippen LogP contribution in [0.4, 0.5) is 5.69 Å². The molecule has 1 aromatic rings. The van der Waals surface area contributed by atoms with Crippen molar-refractivity contribution in [3.8, 4) is 6.07 Å². The van der Waals surface area contributed by atoms with Crippen LogP contribution in [0.2, 0.25) is 0 Å². The fourth-order valence-corrected chi connectivity index (χ4v) is 3.13. The Kier molecular flexibility index (Phi) is 5.80. The molecule has 0 saturated heterocycles. The molecule has 112 valence electrons. The maximum absolute atomic E-state index is 12.3. The molecule has 0 unspecified atom stereocenters. The van der Waals surface area contributed by atoms with Crippen LogP contribution in [-0.2, 0) is 4.79 Å². The summed E-state index contributed by atoms with van der Waals surface area (Å²) in [5.74, 6) is 0.988. The van der Waals surface area contributed by atoms with Gasteiger partial charge in [0, 0.05) is 5.92 Å². The number of benzene rings is 1. The van der Waals surface area contributed by atoms with Crippen LogP contribution >= 0.6 is 0 Å². The number of carbonyl (C=O) groups is 1. The SMILES string of the molecule is CCCCC1CCC(C(=O)Nc2ccccc2C#N)CC1. The number of hydrogen-bond acceptors (Lipinski definition) is 2. The third kappa shape index (κ3) is 4.32. The highest BCUT2D eigenvalue weighted by Crippen LogP contribution is 2.32. The third-order valence-corrected chi connectivity index (χ3v) is 4.49. The van der Waals surface area contributed by atoms with Crippen molar-refractivity contribution in [2.45, 2.75) is 51.9 Å². The molecular weight excluding hydrogens is 260 g/mol. The van der Waals surface area contributed by atoms with Gasteiger partial charge in [-0.05, 0) is 43.7 Å². The molecule has 2 rings (SSSR count). The first-order valence-electron chi connectivity index (χ1n) is 8.04. The molecule has 0 heterocycles. The summed E-state index contributed by atoms with van der Waals surface area (Å²) in [5.41, 5.74) is 1.17. The number of nitrogens with zero attached hydrogens (tertiary/aromatic N) is 1. The first-order chi connectivity index (χ1) is 10.2. The van der Waals surface area contributed by atoms with Crippen LogP contribution in [0.25, 0.3) is 0 Å². The zero-order valence-corrected chi connectivity index (χ0v) is 12.8. The van der Waals surface area contributed by atoms with Gasteiger partial charge in [0.15, 0.2) is 0 Å². The summed E-state index contributed by atoms with van der Waals surface area (Å²) in [6.07, 6.45) is 8.16. The van der Waals surface area contributed by atoms with Crippen molar-refractivity contribution in [1.29, 1.82) is 5.26 Å². The Hall–Kier alpha value is -1.82. The lowest BCUT2D eigenvalue weighted by Crippen LogP contribution is -2.27. The van der Waals surface area contributed by atoms with Crippen molar-refractivity contribution in [3.63, 3.8) is 0 Å². The molecule has 0 aliphatic heterocycles. The monoisotopic (exact) mass is 284 g/mol. The molecule has 0 aromatic heterocycles. The maximum atomic E-state index is 12.3. The van der Waals surface area contributed by atoms with Crippen LogP contribution in [-0.4, -0.2) is 5.91 Å². The van der Waals surface area contributed by atoms with Crippen LogP contribution in [0.5, 0.6) is 0 Å². The molecule has 1 N–H and O–H groups in total. The second-order valence-electron chi connectivity index (χ2n) is 6.01. The molecule has 3 nitrogen and oxygen atoms in total. The van der Waals surface area contributed by atoms with E-state index in [2.05, 4.69) is 18.3 Å². The van der Waals surface area contributed by atoms with Crippen LogP contribution in [0.3, 0.4) is 0 Å². The molecule has 1 aliphatic rings. The van der Waals surface area contributed by atoms with Gasteiger partial charge in [-0.1, -0.05) is 38.3 Å². The molecule has 1 amide bonds. The van der Waals surface area contributed by atoms with E-state index in [0.717, 1.165) is 31.6 Å². The van der Waals surface area contributed by atoms with Gasteiger partial charge in [0.25, 0.3) is 0 Å². The molecular formula is C18H24N2O. The normalized spacial score (nSPS) is 21.5. The van der Waals surface area contributed by atoms with Crippen LogP contribution in [0.15, 0.2) is 24.3 Å². The standard InChI is InChI=1S/C18H24N2O/c1-2-3-6-14-9-11-15(12-10-14)18(21)20-17-8-5-4-7-16(17)13-19/h4-5,7-8,14-15H,2-3,6,9-12H2,1H3,(H,20,21). The van der Waals surface area contributed by atoms with E-state index in [9.17, 15) is 4.79 Å². The number of amides is 1. The number of carbonyl (C=O) groups excluding carboxylic acids is 1. The number of nitriles is 1. The largest absolute Gasteiger partial charge is 0.325 e. The Morgan fingerprint density at radius 2 is 2.00 bits per heavy atom. The molecule has 1 saturated carbocycles. The minimum Gasteiger partial charge on any atom is -0.325 e. The molecule has 0 atom stereocenters. The second-order valence-corrected chi connectivity index (χ2v) is 6.01. The van der Waals surface area contributed by atoms with Crippen molar-refractivity contribution in [1.82, 2.24) is 0 Å². The van der Waals surface area contributed by atoms with E-state index >= 15 is 0 Å². The Morgan fingerprint density at radius 3 is 2.67 bits per heavy atom. The highest BCUT2D eigenvalue weighted by Gasteiger charge is 2.26. The fourth-order valence-electron chi connectivity index (χ4n) is 3.13. The number of nitrogens with one attached hydrogen (secondary N) is 1. The van der Waals surface area contributed by atoms with Crippen molar-refractivity contribution in [3.05, 3.63) is 29.8 Å². The summed E-state index contributed by atoms with van der Waals surface area (Å²) >= 11 is 0. The van der Waals surface area contributed by atoms with Gasteiger partial charge in [-0.2, -0.15) is 5.26 Å². The molecule has 0 bridgehead atoms. The molecule has 1 fully saturated rings. The van der Waals surface area contributed by atoms with E-state index in [0.29, 0.717) is 11.3 Å². The topological polar surface area (TPSA) is 52.9 Å². The lowest BCUT2D eigenvalue weighted by atomic mass is 9.79. The Balaban J connectivity index is 1.86. The summed E-state index contributed by atoms with van der Waals surface area (Å²) in [7, 11) is 0. The lowest BCUT2D eigenvalue weighted by Gasteiger charge is -2.27. The van der Waals surface area contributed by atoms with E-state index in [1.165, 1.54) is 19.3 Å². The number of para-hydroxylation sites is 1.